The van der Waals surface area contributed by atoms with Gasteiger partial charge in [0, 0.05) is 24.1 Å². The maximum Gasteiger partial charge on any atom is 0.304 e. The molecule has 58 valence electrons. The van der Waals surface area contributed by atoms with Gasteiger partial charge in [-0.05, 0) is 0 Å². The summed E-state index contributed by atoms with van der Waals surface area (Å²) in [6.07, 6.45) is 0.257. The lowest BCUT2D eigenvalue weighted by Gasteiger charge is -2.20. The first-order valence-corrected chi connectivity index (χ1v) is 4.47. The summed E-state index contributed by atoms with van der Waals surface area (Å²) >= 11 is 1.82. The van der Waals surface area contributed by atoms with E-state index in [0.29, 0.717) is 0 Å². The van der Waals surface area contributed by atoms with E-state index in [4.69, 9.17) is 5.11 Å². The lowest BCUT2D eigenvalue weighted by atomic mass is 10.2. The molecule has 0 aromatic carbocycles. The molecule has 0 bridgehead atoms. The molecular formula is C6H11NO2S. The number of carbonyl (C=O) groups is 1. The van der Waals surface area contributed by atoms with Crippen LogP contribution in [0.15, 0.2) is 0 Å². The standard InChI is InChI=1S/C6H11NO2S/c8-6(9)3-5-4-10-2-1-7-5/h5,7H,1-4H2,(H,8,9). The Morgan fingerprint density at radius 2 is 2.60 bits per heavy atom. The smallest absolute Gasteiger partial charge is 0.304 e. The number of carboxylic acid groups (broad SMARTS) is 1. The molecule has 0 amide bonds. The van der Waals surface area contributed by atoms with Crippen molar-refractivity contribution >= 4 is 17.7 Å². The third-order valence-electron chi connectivity index (χ3n) is 1.42. The van der Waals surface area contributed by atoms with Crippen LogP contribution in [0.5, 0.6) is 0 Å². The lowest BCUT2D eigenvalue weighted by Crippen LogP contribution is -2.38. The average Bonchev–Trinajstić information content (AvgIpc) is 1.88. The zero-order valence-corrected chi connectivity index (χ0v) is 6.49. The summed E-state index contributed by atoms with van der Waals surface area (Å²) in [5, 5.41) is 11.6. The van der Waals surface area contributed by atoms with Crippen molar-refractivity contribution < 1.29 is 9.90 Å². The summed E-state index contributed by atoms with van der Waals surface area (Å²) < 4.78 is 0. The Morgan fingerprint density at radius 1 is 1.80 bits per heavy atom. The topological polar surface area (TPSA) is 49.3 Å². The summed E-state index contributed by atoms with van der Waals surface area (Å²) in [6, 6.07) is 0.191. The zero-order chi connectivity index (χ0) is 7.40. The molecule has 4 heteroatoms. The van der Waals surface area contributed by atoms with E-state index < -0.39 is 5.97 Å². The summed E-state index contributed by atoms with van der Waals surface area (Å²) in [5.74, 6) is 1.34. The third kappa shape index (κ3) is 2.58. The molecule has 0 aliphatic carbocycles. The van der Waals surface area contributed by atoms with Crippen molar-refractivity contribution in [3.63, 3.8) is 0 Å². The van der Waals surface area contributed by atoms with Crippen LogP contribution in [0.1, 0.15) is 6.42 Å². The average molecular weight is 161 g/mol. The highest BCUT2D eigenvalue weighted by Crippen LogP contribution is 2.09. The molecule has 3 nitrogen and oxygen atoms in total. The van der Waals surface area contributed by atoms with Gasteiger partial charge in [0.2, 0.25) is 0 Å². The highest BCUT2D eigenvalue weighted by molar-refractivity contribution is 7.99. The molecule has 1 heterocycles. The largest absolute Gasteiger partial charge is 0.481 e. The van der Waals surface area contributed by atoms with Crippen LogP contribution < -0.4 is 5.32 Å². The van der Waals surface area contributed by atoms with Gasteiger partial charge in [0.1, 0.15) is 0 Å². The lowest BCUT2D eigenvalue weighted by molar-refractivity contribution is -0.137. The Kier molecular flexibility index (Phi) is 3.02. The molecule has 0 aromatic rings. The molecule has 1 aliphatic rings. The minimum absolute atomic E-state index is 0.191. The Labute approximate surface area is 64.2 Å². The number of hydrogen-bond donors (Lipinski definition) is 2. The molecular weight excluding hydrogens is 150 g/mol. The maximum atomic E-state index is 10.2. The van der Waals surface area contributed by atoms with Gasteiger partial charge in [0.25, 0.3) is 0 Å². The fraction of sp³-hybridized carbons (Fsp3) is 0.833. The fourth-order valence-corrected chi connectivity index (χ4v) is 1.91. The molecule has 0 aromatic heterocycles. The van der Waals surface area contributed by atoms with Gasteiger partial charge >= 0.3 is 5.97 Å². The van der Waals surface area contributed by atoms with Crippen LogP contribution in [-0.2, 0) is 4.79 Å². The van der Waals surface area contributed by atoms with Crippen molar-refractivity contribution in [2.45, 2.75) is 12.5 Å². The van der Waals surface area contributed by atoms with Crippen molar-refractivity contribution in [1.82, 2.24) is 5.32 Å². The van der Waals surface area contributed by atoms with Crippen LogP contribution in [0.3, 0.4) is 0 Å². The Bertz CT molecular complexity index is 123. The van der Waals surface area contributed by atoms with Crippen molar-refractivity contribution in [3.05, 3.63) is 0 Å². The van der Waals surface area contributed by atoms with E-state index in [9.17, 15) is 4.79 Å². The molecule has 1 rings (SSSR count). The van der Waals surface area contributed by atoms with Crippen LogP contribution in [0.4, 0.5) is 0 Å². The second-order valence-corrected chi connectivity index (χ2v) is 3.47. The van der Waals surface area contributed by atoms with Crippen LogP contribution >= 0.6 is 11.8 Å². The first-order chi connectivity index (χ1) is 4.79. The van der Waals surface area contributed by atoms with Crippen LogP contribution in [-0.4, -0.2) is 35.2 Å². The minimum Gasteiger partial charge on any atom is -0.481 e. The molecule has 0 saturated carbocycles. The summed E-state index contributed by atoms with van der Waals surface area (Å²) in [5.41, 5.74) is 0. The monoisotopic (exact) mass is 161 g/mol. The molecule has 1 unspecified atom stereocenters. The Balaban J connectivity index is 2.19. The number of aliphatic carboxylic acids is 1. The van der Waals surface area contributed by atoms with Crippen LogP contribution in [0.2, 0.25) is 0 Å². The predicted molar refractivity (Wildman–Crippen MR) is 41.4 cm³/mol. The summed E-state index contributed by atoms with van der Waals surface area (Å²) in [6.45, 7) is 0.947. The van der Waals surface area contributed by atoms with Crippen molar-refractivity contribution in [2.24, 2.45) is 0 Å². The van der Waals surface area contributed by atoms with E-state index in [0.717, 1.165) is 18.1 Å². The molecule has 1 saturated heterocycles. The van der Waals surface area contributed by atoms with Crippen molar-refractivity contribution in [3.8, 4) is 0 Å². The van der Waals surface area contributed by atoms with Gasteiger partial charge in [-0.25, -0.2) is 0 Å². The second-order valence-electron chi connectivity index (χ2n) is 2.32. The SMILES string of the molecule is O=C(O)CC1CSCCN1. The molecule has 0 radical (unpaired) electrons. The highest BCUT2D eigenvalue weighted by atomic mass is 32.2. The van der Waals surface area contributed by atoms with Gasteiger partial charge < -0.3 is 10.4 Å². The highest BCUT2D eigenvalue weighted by Gasteiger charge is 2.15. The third-order valence-corrected chi connectivity index (χ3v) is 2.55. The fourth-order valence-electron chi connectivity index (χ4n) is 0.962. The van der Waals surface area contributed by atoms with E-state index in [1.54, 1.807) is 0 Å². The normalized spacial score (nSPS) is 26.2. The van der Waals surface area contributed by atoms with Crippen LogP contribution in [0.25, 0.3) is 0 Å². The van der Waals surface area contributed by atoms with E-state index >= 15 is 0 Å². The maximum absolute atomic E-state index is 10.2. The quantitative estimate of drug-likeness (QED) is 0.606. The number of thioether (sulfide) groups is 1. The first-order valence-electron chi connectivity index (χ1n) is 3.32. The molecule has 0 spiro atoms. The van der Waals surface area contributed by atoms with Gasteiger partial charge in [0.15, 0.2) is 0 Å². The van der Waals surface area contributed by atoms with E-state index in [1.807, 2.05) is 11.8 Å². The molecule has 10 heavy (non-hydrogen) atoms. The van der Waals surface area contributed by atoms with Gasteiger partial charge in [-0.3, -0.25) is 4.79 Å². The van der Waals surface area contributed by atoms with Crippen molar-refractivity contribution in [2.75, 3.05) is 18.1 Å². The van der Waals surface area contributed by atoms with E-state index in [-0.39, 0.29) is 12.5 Å². The zero-order valence-electron chi connectivity index (χ0n) is 5.67. The molecule has 1 atom stereocenters. The van der Waals surface area contributed by atoms with Crippen molar-refractivity contribution in [1.29, 1.82) is 0 Å². The summed E-state index contributed by atoms with van der Waals surface area (Å²) in [7, 11) is 0. The van der Waals surface area contributed by atoms with Gasteiger partial charge in [-0.15, -0.1) is 0 Å². The number of rotatable bonds is 2. The van der Waals surface area contributed by atoms with E-state index in [1.165, 1.54) is 0 Å². The minimum atomic E-state index is -0.708. The van der Waals surface area contributed by atoms with E-state index in [2.05, 4.69) is 5.32 Å². The first kappa shape index (κ1) is 7.88. The summed E-state index contributed by atoms with van der Waals surface area (Å²) in [4.78, 5) is 10.2. The predicted octanol–water partition coefficient (Wildman–Crippen LogP) is 0.166. The number of hydrogen-bond acceptors (Lipinski definition) is 3. The second kappa shape index (κ2) is 3.83. The van der Waals surface area contributed by atoms with Crippen LogP contribution in [0, 0.1) is 0 Å². The molecule has 2 N–H and O–H groups in total. The van der Waals surface area contributed by atoms with Gasteiger partial charge in [-0.1, -0.05) is 0 Å². The Hall–Kier alpha value is -0.220. The Morgan fingerprint density at radius 3 is 3.10 bits per heavy atom. The number of carboxylic acids is 1. The molecule has 1 fully saturated rings. The molecule has 1 aliphatic heterocycles. The van der Waals surface area contributed by atoms with Gasteiger partial charge in [0.05, 0.1) is 6.42 Å². The number of nitrogens with one attached hydrogen (secondary N) is 1. The van der Waals surface area contributed by atoms with Gasteiger partial charge in [-0.2, -0.15) is 11.8 Å².